The number of anilines is 2. The number of thiazole rings is 1. The summed E-state index contributed by atoms with van der Waals surface area (Å²) >= 11 is 1.54. The van der Waals surface area contributed by atoms with Crippen molar-refractivity contribution < 1.29 is 14.3 Å². The summed E-state index contributed by atoms with van der Waals surface area (Å²) in [5, 5.41) is 0. The lowest BCUT2D eigenvalue weighted by Crippen LogP contribution is -2.32. The number of rotatable bonds is 4. The van der Waals surface area contributed by atoms with Crippen molar-refractivity contribution in [2.75, 3.05) is 29.5 Å². The van der Waals surface area contributed by atoms with E-state index >= 15 is 0 Å². The molecule has 0 spiro atoms. The van der Waals surface area contributed by atoms with Crippen molar-refractivity contribution in [3.8, 4) is 0 Å². The smallest absolute Gasteiger partial charge is 0.340 e. The van der Waals surface area contributed by atoms with Gasteiger partial charge in [0.1, 0.15) is 0 Å². The molecule has 132 valence electrons. The van der Waals surface area contributed by atoms with Gasteiger partial charge in [-0.15, -0.1) is 11.3 Å². The second kappa shape index (κ2) is 6.72. The molecule has 26 heavy (non-hydrogen) atoms. The monoisotopic (exact) mass is 368 g/mol. The zero-order chi connectivity index (χ0) is 18.1. The van der Waals surface area contributed by atoms with E-state index in [1.54, 1.807) is 28.3 Å². The molecule has 0 saturated carbocycles. The second-order valence-corrected chi connectivity index (χ2v) is 6.59. The van der Waals surface area contributed by atoms with Crippen LogP contribution in [0.3, 0.4) is 0 Å². The summed E-state index contributed by atoms with van der Waals surface area (Å²) in [6.07, 6.45) is 3.05. The Hall–Kier alpha value is -3.00. The SMILES string of the molecule is CCOC(=O)c1ccncc1N1CCN(c2ccc3ncsc3c2)C1=O. The minimum absolute atomic E-state index is 0.188. The number of urea groups is 1. The van der Waals surface area contributed by atoms with Gasteiger partial charge in [-0.3, -0.25) is 14.8 Å². The maximum atomic E-state index is 13.0. The summed E-state index contributed by atoms with van der Waals surface area (Å²) in [5.74, 6) is -0.456. The van der Waals surface area contributed by atoms with Crippen LogP contribution < -0.4 is 9.80 Å². The van der Waals surface area contributed by atoms with Crippen molar-refractivity contribution in [2.45, 2.75) is 6.92 Å². The Morgan fingerprint density at radius 2 is 2.12 bits per heavy atom. The first-order chi connectivity index (χ1) is 12.7. The van der Waals surface area contributed by atoms with E-state index in [1.807, 2.05) is 18.2 Å². The Bertz CT molecular complexity index is 987. The summed E-state index contributed by atoms with van der Waals surface area (Å²) in [6, 6.07) is 7.15. The maximum absolute atomic E-state index is 13.0. The number of hydrogen-bond acceptors (Lipinski definition) is 6. The normalized spacial score (nSPS) is 14.3. The molecule has 0 radical (unpaired) electrons. The van der Waals surface area contributed by atoms with E-state index in [4.69, 9.17) is 4.74 Å². The van der Waals surface area contributed by atoms with Gasteiger partial charge in [0.25, 0.3) is 0 Å². The van der Waals surface area contributed by atoms with E-state index in [-0.39, 0.29) is 12.6 Å². The maximum Gasteiger partial charge on any atom is 0.340 e. The molecule has 1 fully saturated rings. The van der Waals surface area contributed by atoms with Gasteiger partial charge >= 0.3 is 12.0 Å². The van der Waals surface area contributed by atoms with Crippen molar-refractivity contribution in [3.63, 3.8) is 0 Å². The zero-order valence-corrected chi connectivity index (χ0v) is 14.9. The highest BCUT2D eigenvalue weighted by Crippen LogP contribution is 2.30. The summed E-state index contributed by atoms with van der Waals surface area (Å²) < 4.78 is 6.12. The van der Waals surface area contributed by atoms with Crippen LogP contribution in [0.15, 0.2) is 42.2 Å². The van der Waals surface area contributed by atoms with Gasteiger partial charge in [0.05, 0.1) is 39.8 Å². The number of aromatic nitrogens is 2. The van der Waals surface area contributed by atoms with Gasteiger partial charge < -0.3 is 4.74 Å². The van der Waals surface area contributed by atoms with Crippen LogP contribution in [0.1, 0.15) is 17.3 Å². The standard InChI is InChI=1S/C18H16N4O3S/c1-2-25-17(23)13-5-6-19-10-15(13)22-8-7-21(18(22)24)12-3-4-14-16(9-12)26-11-20-14/h3-6,9-11H,2,7-8H2,1H3. The van der Waals surface area contributed by atoms with Crippen molar-refractivity contribution in [1.29, 1.82) is 0 Å². The Labute approximate surface area is 153 Å². The molecular weight excluding hydrogens is 352 g/mol. The molecule has 0 bridgehead atoms. The lowest BCUT2D eigenvalue weighted by atomic mass is 10.2. The van der Waals surface area contributed by atoms with Crippen LogP contribution in [0.4, 0.5) is 16.2 Å². The van der Waals surface area contributed by atoms with Crippen molar-refractivity contribution in [3.05, 3.63) is 47.7 Å². The minimum atomic E-state index is -0.456. The number of benzene rings is 1. The molecule has 1 aliphatic heterocycles. The topological polar surface area (TPSA) is 75.6 Å². The molecule has 1 aliphatic rings. The number of ether oxygens (including phenoxy) is 1. The Balaban J connectivity index is 1.64. The van der Waals surface area contributed by atoms with Crippen LogP contribution in [0.2, 0.25) is 0 Å². The summed E-state index contributed by atoms with van der Waals surface area (Å²) in [7, 11) is 0. The van der Waals surface area contributed by atoms with Crippen molar-refractivity contribution in [2.24, 2.45) is 0 Å². The third-order valence-corrected chi connectivity index (χ3v) is 5.01. The number of carbonyl (C=O) groups is 2. The van der Waals surface area contributed by atoms with Gasteiger partial charge in [-0.05, 0) is 31.2 Å². The predicted octanol–water partition coefficient (Wildman–Crippen LogP) is 3.31. The number of hydrogen-bond donors (Lipinski definition) is 0. The number of fused-ring (bicyclic) bond motifs is 1. The molecule has 0 unspecified atom stereocenters. The molecule has 2 amide bonds. The fourth-order valence-corrected chi connectivity index (χ4v) is 3.70. The van der Waals surface area contributed by atoms with Crippen LogP contribution in [0.25, 0.3) is 10.2 Å². The first-order valence-electron chi connectivity index (χ1n) is 8.22. The van der Waals surface area contributed by atoms with Gasteiger partial charge in [0.2, 0.25) is 0 Å². The van der Waals surface area contributed by atoms with Gasteiger partial charge in [-0.1, -0.05) is 0 Å². The van der Waals surface area contributed by atoms with E-state index in [0.717, 1.165) is 15.9 Å². The first-order valence-corrected chi connectivity index (χ1v) is 9.10. The van der Waals surface area contributed by atoms with E-state index in [9.17, 15) is 9.59 Å². The van der Waals surface area contributed by atoms with E-state index in [0.29, 0.717) is 24.3 Å². The number of carbonyl (C=O) groups excluding carboxylic acids is 2. The molecule has 7 nitrogen and oxygen atoms in total. The van der Waals surface area contributed by atoms with Gasteiger partial charge in [0, 0.05) is 25.0 Å². The molecule has 1 saturated heterocycles. The minimum Gasteiger partial charge on any atom is -0.462 e. The fourth-order valence-electron chi connectivity index (χ4n) is 2.99. The molecular formula is C18H16N4O3S. The van der Waals surface area contributed by atoms with Crippen molar-refractivity contribution >= 4 is 44.9 Å². The highest BCUT2D eigenvalue weighted by Gasteiger charge is 2.33. The van der Waals surface area contributed by atoms with Crippen LogP contribution >= 0.6 is 11.3 Å². The number of amides is 2. The van der Waals surface area contributed by atoms with E-state index in [1.165, 1.54) is 23.7 Å². The van der Waals surface area contributed by atoms with Crippen LogP contribution in [0, 0.1) is 0 Å². The number of esters is 1. The molecule has 1 aromatic carbocycles. The average molecular weight is 368 g/mol. The summed E-state index contributed by atoms with van der Waals surface area (Å²) in [5.41, 5.74) is 4.33. The van der Waals surface area contributed by atoms with Crippen LogP contribution in [0.5, 0.6) is 0 Å². The highest BCUT2D eigenvalue weighted by molar-refractivity contribution is 7.16. The third-order valence-electron chi connectivity index (χ3n) is 4.22. The molecule has 3 aromatic rings. The number of nitrogens with zero attached hydrogens (tertiary/aromatic N) is 4. The Morgan fingerprint density at radius 1 is 1.27 bits per heavy atom. The predicted molar refractivity (Wildman–Crippen MR) is 99.9 cm³/mol. The quantitative estimate of drug-likeness (QED) is 0.661. The molecule has 0 aliphatic carbocycles. The Kier molecular flexibility index (Phi) is 4.26. The molecule has 3 heterocycles. The average Bonchev–Trinajstić information content (AvgIpc) is 3.27. The third kappa shape index (κ3) is 2.78. The second-order valence-electron chi connectivity index (χ2n) is 5.70. The highest BCUT2D eigenvalue weighted by atomic mass is 32.1. The first kappa shape index (κ1) is 16.5. The molecule has 4 rings (SSSR count). The van der Waals surface area contributed by atoms with Gasteiger partial charge in [-0.2, -0.15) is 0 Å². The molecule has 0 N–H and O–H groups in total. The van der Waals surface area contributed by atoms with Crippen molar-refractivity contribution in [1.82, 2.24) is 9.97 Å². The number of pyridine rings is 1. The van der Waals surface area contributed by atoms with E-state index < -0.39 is 5.97 Å². The molecule has 2 aromatic heterocycles. The fraction of sp³-hybridized carbons (Fsp3) is 0.222. The largest absolute Gasteiger partial charge is 0.462 e. The summed E-state index contributed by atoms with van der Waals surface area (Å²) in [6.45, 7) is 3.02. The van der Waals surface area contributed by atoms with Crippen LogP contribution in [-0.2, 0) is 4.74 Å². The molecule has 8 heteroatoms. The summed E-state index contributed by atoms with van der Waals surface area (Å²) in [4.78, 5) is 36.8. The lowest BCUT2D eigenvalue weighted by Gasteiger charge is -2.20. The van der Waals surface area contributed by atoms with E-state index in [2.05, 4.69) is 9.97 Å². The van der Waals surface area contributed by atoms with Gasteiger partial charge in [0.15, 0.2) is 0 Å². The Morgan fingerprint density at radius 3 is 2.96 bits per heavy atom. The lowest BCUT2D eigenvalue weighted by molar-refractivity contribution is 0.0527. The molecule has 0 atom stereocenters. The van der Waals surface area contributed by atoms with Gasteiger partial charge in [-0.25, -0.2) is 14.6 Å². The van der Waals surface area contributed by atoms with Crippen LogP contribution in [-0.4, -0.2) is 41.7 Å². The zero-order valence-electron chi connectivity index (χ0n) is 14.1.